The zero-order valence-electron chi connectivity index (χ0n) is 14.6. The summed E-state index contributed by atoms with van der Waals surface area (Å²) in [6.07, 6.45) is 2.32. The minimum absolute atomic E-state index is 0.0350. The maximum absolute atomic E-state index is 12.2. The van der Waals surface area contributed by atoms with E-state index in [0.29, 0.717) is 12.1 Å². The average Bonchev–Trinajstić information content (AvgIpc) is 3.14. The van der Waals surface area contributed by atoms with Gasteiger partial charge in [0, 0.05) is 18.2 Å². The van der Waals surface area contributed by atoms with Crippen LogP contribution < -0.4 is 10.6 Å². The first kappa shape index (κ1) is 16.8. The number of carbonyl (C=O) groups is 1. The molecule has 3 aromatic rings. The lowest BCUT2D eigenvalue weighted by molar-refractivity contribution is 0.249. The number of H-pyrrole nitrogens is 1. The minimum Gasteiger partial charge on any atom is -0.335 e. The van der Waals surface area contributed by atoms with Crippen molar-refractivity contribution in [1.29, 1.82) is 0 Å². The highest BCUT2D eigenvalue weighted by molar-refractivity contribution is 5.89. The first-order valence-electron chi connectivity index (χ1n) is 8.21. The number of hydrogen-bond donors (Lipinski definition) is 3. The number of anilines is 1. The van der Waals surface area contributed by atoms with Gasteiger partial charge >= 0.3 is 6.03 Å². The summed E-state index contributed by atoms with van der Waals surface area (Å²) in [7, 11) is 0. The number of rotatable bonds is 5. The summed E-state index contributed by atoms with van der Waals surface area (Å²) in [6.45, 7) is 5.82. The molecule has 2 aromatic heterocycles. The van der Waals surface area contributed by atoms with Crippen LogP contribution in [-0.2, 0) is 6.42 Å². The van der Waals surface area contributed by atoms with Gasteiger partial charge in [-0.2, -0.15) is 10.2 Å². The third-order valence-electron chi connectivity index (χ3n) is 3.91. The normalized spacial score (nSPS) is 12.0. The Kier molecular flexibility index (Phi) is 4.83. The molecule has 1 aromatic carbocycles. The zero-order valence-corrected chi connectivity index (χ0v) is 14.6. The lowest BCUT2D eigenvalue weighted by Crippen LogP contribution is -2.37. The molecule has 2 amide bonds. The van der Waals surface area contributed by atoms with E-state index in [1.54, 1.807) is 10.9 Å². The van der Waals surface area contributed by atoms with Gasteiger partial charge < -0.3 is 10.6 Å². The van der Waals surface area contributed by atoms with Gasteiger partial charge in [-0.3, -0.25) is 5.10 Å². The molecule has 0 spiro atoms. The average molecular weight is 338 g/mol. The molecule has 0 aliphatic heterocycles. The SMILES string of the molecule is Cc1cc(C[C@H](C)NC(=O)Nc2cnn(-c3ccccc3)c2C)n[nH]1. The summed E-state index contributed by atoms with van der Waals surface area (Å²) in [4.78, 5) is 12.2. The number of aromatic amines is 1. The molecule has 0 unspecified atom stereocenters. The Bertz CT molecular complexity index is 852. The van der Waals surface area contributed by atoms with Crippen molar-refractivity contribution in [2.75, 3.05) is 5.32 Å². The van der Waals surface area contributed by atoms with Gasteiger partial charge in [0.15, 0.2) is 0 Å². The fourth-order valence-corrected chi connectivity index (χ4v) is 2.69. The maximum atomic E-state index is 12.2. The number of carbonyl (C=O) groups excluding carboxylic acids is 1. The fourth-order valence-electron chi connectivity index (χ4n) is 2.69. The van der Waals surface area contributed by atoms with Crippen LogP contribution in [0.4, 0.5) is 10.5 Å². The van der Waals surface area contributed by atoms with Crippen molar-refractivity contribution in [1.82, 2.24) is 25.3 Å². The smallest absolute Gasteiger partial charge is 0.319 e. The van der Waals surface area contributed by atoms with Gasteiger partial charge in [-0.1, -0.05) is 18.2 Å². The van der Waals surface area contributed by atoms with Gasteiger partial charge in [0.05, 0.1) is 29.0 Å². The van der Waals surface area contributed by atoms with E-state index in [9.17, 15) is 4.79 Å². The van der Waals surface area contributed by atoms with Crippen molar-refractivity contribution in [2.45, 2.75) is 33.2 Å². The molecule has 3 N–H and O–H groups in total. The summed E-state index contributed by atoms with van der Waals surface area (Å²) in [5.41, 5.74) is 4.45. The molecule has 0 bridgehead atoms. The first-order chi connectivity index (χ1) is 12.0. The Morgan fingerprint density at radius 3 is 2.72 bits per heavy atom. The quantitative estimate of drug-likeness (QED) is 0.668. The minimum atomic E-state index is -0.254. The molecule has 0 aliphatic carbocycles. The highest BCUT2D eigenvalue weighted by Gasteiger charge is 2.13. The van der Waals surface area contributed by atoms with Crippen LogP contribution in [0.15, 0.2) is 42.6 Å². The molecule has 2 heterocycles. The third-order valence-corrected chi connectivity index (χ3v) is 3.91. The molecule has 25 heavy (non-hydrogen) atoms. The summed E-state index contributed by atoms with van der Waals surface area (Å²) in [5.74, 6) is 0. The Morgan fingerprint density at radius 1 is 1.28 bits per heavy atom. The van der Waals surface area contributed by atoms with Gasteiger partial charge in [-0.15, -0.1) is 0 Å². The van der Waals surface area contributed by atoms with Crippen molar-refractivity contribution < 1.29 is 4.79 Å². The summed E-state index contributed by atoms with van der Waals surface area (Å²) < 4.78 is 1.80. The molecule has 130 valence electrons. The van der Waals surface area contributed by atoms with E-state index in [2.05, 4.69) is 25.9 Å². The molecule has 0 aliphatic rings. The highest BCUT2D eigenvalue weighted by atomic mass is 16.2. The zero-order chi connectivity index (χ0) is 17.8. The standard InChI is InChI=1S/C18H22N6O/c1-12(9-15-10-13(2)22-23-15)20-18(25)21-17-11-19-24(14(17)3)16-7-5-4-6-8-16/h4-8,10-12H,9H2,1-3H3,(H,22,23)(H2,20,21,25)/t12-/m0/s1. The number of para-hydroxylation sites is 1. The predicted molar refractivity (Wildman–Crippen MR) is 96.9 cm³/mol. The molecule has 7 nitrogen and oxygen atoms in total. The number of aryl methyl sites for hydroxylation is 1. The molecule has 0 radical (unpaired) electrons. The van der Waals surface area contributed by atoms with E-state index < -0.39 is 0 Å². The number of urea groups is 1. The lowest BCUT2D eigenvalue weighted by atomic mass is 10.2. The Labute approximate surface area is 146 Å². The summed E-state index contributed by atoms with van der Waals surface area (Å²) in [6, 6.07) is 11.5. The first-order valence-corrected chi connectivity index (χ1v) is 8.21. The largest absolute Gasteiger partial charge is 0.335 e. The van der Waals surface area contributed by atoms with Crippen molar-refractivity contribution >= 4 is 11.7 Å². The fraction of sp³-hybridized carbons (Fsp3) is 0.278. The van der Waals surface area contributed by atoms with E-state index >= 15 is 0 Å². The van der Waals surface area contributed by atoms with Crippen LogP contribution in [0.25, 0.3) is 5.69 Å². The van der Waals surface area contributed by atoms with Crippen LogP contribution in [0.3, 0.4) is 0 Å². The number of hydrogen-bond acceptors (Lipinski definition) is 3. The van der Waals surface area contributed by atoms with E-state index in [4.69, 9.17) is 0 Å². The van der Waals surface area contributed by atoms with Crippen molar-refractivity contribution in [3.8, 4) is 5.69 Å². The van der Waals surface area contributed by atoms with Crippen LogP contribution in [0.1, 0.15) is 24.0 Å². The number of benzene rings is 1. The molecule has 0 saturated carbocycles. The second kappa shape index (κ2) is 7.21. The van der Waals surface area contributed by atoms with Gasteiger partial charge in [0.25, 0.3) is 0 Å². The van der Waals surface area contributed by atoms with Gasteiger partial charge in [0.2, 0.25) is 0 Å². The van der Waals surface area contributed by atoms with Gasteiger partial charge in [0.1, 0.15) is 0 Å². The monoisotopic (exact) mass is 338 g/mol. The predicted octanol–water partition coefficient (Wildman–Crippen LogP) is 2.96. The Morgan fingerprint density at radius 2 is 2.04 bits per heavy atom. The summed E-state index contributed by atoms with van der Waals surface area (Å²) >= 11 is 0. The highest BCUT2D eigenvalue weighted by Crippen LogP contribution is 2.18. The van der Waals surface area contributed by atoms with Gasteiger partial charge in [-0.05, 0) is 39.0 Å². The van der Waals surface area contributed by atoms with E-state index in [-0.39, 0.29) is 12.1 Å². The molecule has 3 rings (SSSR count). The molecular formula is C18H22N6O. The van der Waals surface area contributed by atoms with Crippen LogP contribution in [0.2, 0.25) is 0 Å². The lowest BCUT2D eigenvalue weighted by Gasteiger charge is -2.13. The Hall–Kier alpha value is -3.09. The number of aromatic nitrogens is 4. The molecule has 0 fully saturated rings. The molecule has 7 heteroatoms. The molecule has 0 saturated heterocycles. The van der Waals surface area contributed by atoms with Crippen LogP contribution in [0, 0.1) is 13.8 Å². The van der Waals surface area contributed by atoms with E-state index in [0.717, 1.165) is 22.8 Å². The third kappa shape index (κ3) is 4.06. The van der Waals surface area contributed by atoms with Crippen molar-refractivity contribution in [3.63, 3.8) is 0 Å². The van der Waals surface area contributed by atoms with E-state index in [1.165, 1.54) is 0 Å². The second-order valence-corrected chi connectivity index (χ2v) is 6.14. The second-order valence-electron chi connectivity index (χ2n) is 6.14. The van der Waals surface area contributed by atoms with Crippen molar-refractivity contribution in [3.05, 3.63) is 59.7 Å². The summed E-state index contributed by atoms with van der Waals surface area (Å²) in [5, 5.41) is 17.2. The molecular weight excluding hydrogens is 316 g/mol. The topological polar surface area (TPSA) is 87.6 Å². The number of amides is 2. The van der Waals surface area contributed by atoms with Crippen LogP contribution in [-0.4, -0.2) is 32.1 Å². The van der Waals surface area contributed by atoms with Crippen LogP contribution >= 0.6 is 0 Å². The maximum Gasteiger partial charge on any atom is 0.319 e. The van der Waals surface area contributed by atoms with E-state index in [1.807, 2.05) is 57.2 Å². The number of nitrogens with one attached hydrogen (secondary N) is 3. The number of nitrogens with zero attached hydrogens (tertiary/aromatic N) is 3. The molecule has 1 atom stereocenters. The van der Waals surface area contributed by atoms with Crippen molar-refractivity contribution in [2.24, 2.45) is 0 Å². The Balaban J connectivity index is 1.60. The van der Waals surface area contributed by atoms with Gasteiger partial charge in [-0.25, -0.2) is 9.48 Å². The van der Waals surface area contributed by atoms with Crippen LogP contribution in [0.5, 0.6) is 0 Å².